The lowest BCUT2D eigenvalue weighted by atomic mass is 9.97. The first-order valence-corrected chi connectivity index (χ1v) is 6.80. The first-order valence-electron chi connectivity index (χ1n) is 6.80. The second-order valence-electron chi connectivity index (χ2n) is 4.96. The van der Waals surface area contributed by atoms with Gasteiger partial charge in [0, 0.05) is 0 Å². The van der Waals surface area contributed by atoms with Crippen molar-refractivity contribution < 1.29 is 34.7 Å². The molecule has 22 heavy (non-hydrogen) atoms. The molecule has 8 heteroatoms. The number of amides is 1. The summed E-state index contributed by atoms with van der Waals surface area (Å²) in [6.45, 7) is -0.547. The molecule has 0 saturated carbocycles. The van der Waals surface area contributed by atoms with Crippen molar-refractivity contribution in [2.45, 2.75) is 37.3 Å². The van der Waals surface area contributed by atoms with Gasteiger partial charge in [0.2, 0.25) is 0 Å². The molecular formula is C14H19NO7. The van der Waals surface area contributed by atoms with Crippen molar-refractivity contribution in [2.24, 2.45) is 0 Å². The molecule has 1 aliphatic heterocycles. The van der Waals surface area contributed by atoms with Crippen LogP contribution in [0.3, 0.4) is 0 Å². The normalized spacial score (nSPS) is 31.5. The van der Waals surface area contributed by atoms with Gasteiger partial charge in [0.15, 0.2) is 6.29 Å². The third kappa shape index (κ3) is 3.93. The Bertz CT molecular complexity index is 483. The zero-order valence-electron chi connectivity index (χ0n) is 11.7. The molecule has 0 radical (unpaired) electrons. The molecule has 1 amide bonds. The van der Waals surface area contributed by atoms with Crippen molar-refractivity contribution in [3.05, 3.63) is 35.9 Å². The molecule has 8 nitrogen and oxygen atoms in total. The highest BCUT2D eigenvalue weighted by Gasteiger charge is 2.44. The van der Waals surface area contributed by atoms with Crippen molar-refractivity contribution in [2.75, 3.05) is 6.61 Å². The highest BCUT2D eigenvalue weighted by molar-refractivity contribution is 5.67. The summed E-state index contributed by atoms with van der Waals surface area (Å²) in [4.78, 5) is 11.7. The van der Waals surface area contributed by atoms with Crippen molar-refractivity contribution in [3.63, 3.8) is 0 Å². The Kier molecular flexibility index (Phi) is 5.69. The highest BCUT2D eigenvalue weighted by Crippen LogP contribution is 2.19. The molecule has 1 aromatic rings. The van der Waals surface area contributed by atoms with Gasteiger partial charge in [-0.05, 0) is 5.56 Å². The Morgan fingerprint density at radius 1 is 1.18 bits per heavy atom. The first-order chi connectivity index (χ1) is 10.5. The number of aliphatic hydroxyl groups is 4. The van der Waals surface area contributed by atoms with E-state index >= 15 is 0 Å². The number of ether oxygens (including phenoxy) is 2. The van der Waals surface area contributed by atoms with Crippen molar-refractivity contribution in [1.29, 1.82) is 0 Å². The molecule has 1 saturated heterocycles. The minimum atomic E-state index is -1.57. The third-order valence-corrected chi connectivity index (χ3v) is 3.40. The zero-order chi connectivity index (χ0) is 16.1. The standard InChI is InChI=1S/C14H19NO7/c16-6-9-11(17)12(18)10(13(19)22-9)15-14(20)21-7-8-4-2-1-3-5-8/h1-5,9-13,16-19H,6-7H2,(H,15,20)/t9-,10+,11-,12-,13+/m0/s1. The molecule has 5 N–H and O–H groups in total. The van der Waals surface area contributed by atoms with Crippen LogP contribution in [0, 0.1) is 0 Å². The zero-order valence-corrected chi connectivity index (χ0v) is 11.7. The predicted molar refractivity (Wildman–Crippen MR) is 73.5 cm³/mol. The van der Waals surface area contributed by atoms with Gasteiger partial charge in [-0.1, -0.05) is 30.3 Å². The fourth-order valence-corrected chi connectivity index (χ4v) is 2.15. The Hall–Kier alpha value is -1.71. The van der Waals surface area contributed by atoms with Gasteiger partial charge in [-0.3, -0.25) is 0 Å². The van der Waals surface area contributed by atoms with Gasteiger partial charge < -0.3 is 35.2 Å². The van der Waals surface area contributed by atoms with E-state index in [1.807, 2.05) is 6.07 Å². The molecule has 0 unspecified atom stereocenters. The molecule has 1 aliphatic rings. The van der Waals surface area contributed by atoms with Gasteiger partial charge in [-0.15, -0.1) is 0 Å². The summed E-state index contributed by atoms with van der Waals surface area (Å²) in [6.07, 6.45) is -6.49. The average Bonchev–Trinajstić information content (AvgIpc) is 2.54. The van der Waals surface area contributed by atoms with Gasteiger partial charge in [-0.25, -0.2) is 4.79 Å². The second kappa shape index (κ2) is 7.52. The minimum absolute atomic E-state index is 0.0221. The summed E-state index contributed by atoms with van der Waals surface area (Å²) in [5.41, 5.74) is 0.777. The number of nitrogens with one attached hydrogen (secondary N) is 1. The number of rotatable bonds is 4. The van der Waals surface area contributed by atoms with Crippen molar-refractivity contribution >= 4 is 6.09 Å². The van der Waals surface area contributed by atoms with E-state index in [1.54, 1.807) is 24.3 Å². The Morgan fingerprint density at radius 3 is 2.50 bits per heavy atom. The number of aliphatic hydroxyl groups excluding tert-OH is 4. The fraction of sp³-hybridized carbons (Fsp3) is 0.500. The third-order valence-electron chi connectivity index (χ3n) is 3.40. The summed E-state index contributed by atoms with van der Waals surface area (Å²) in [5, 5.41) is 40.5. The smallest absolute Gasteiger partial charge is 0.407 e. The van der Waals surface area contributed by atoms with Crippen LogP contribution in [-0.2, 0) is 16.1 Å². The fourth-order valence-electron chi connectivity index (χ4n) is 2.15. The highest BCUT2D eigenvalue weighted by atomic mass is 16.6. The molecule has 0 aliphatic carbocycles. The largest absolute Gasteiger partial charge is 0.445 e. The quantitative estimate of drug-likeness (QED) is 0.468. The van der Waals surface area contributed by atoms with E-state index in [1.165, 1.54) is 0 Å². The van der Waals surface area contributed by atoms with Crippen LogP contribution in [0.25, 0.3) is 0 Å². The van der Waals surface area contributed by atoms with E-state index in [0.717, 1.165) is 5.56 Å². The molecule has 2 rings (SSSR count). The monoisotopic (exact) mass is 313 g/mol. The number of hydrogen-bond donors (Lipinski definition) is 5. The van der Waals surface area contributed by atoms with Gasteiger partial charge in [0.1, 0.15) is 31.0 Å². The summed E-state index contributed by atoms with van der Waals surface area (Å²) in [6, 6.07) is 7.71. The Labute approximate surface area is 126 Å². The summed E-state index contributed by atoms with van der Waals surface area (Å²) in [7, 11) is 0. The maximum atomic E-state index is 11.7. The van der Waals surface area contributed by atoms with Gasteiger partial charge in [-0.2, -0.15) is 0 Å². The lowest BCUT2D eigenvalue weighted by Gasteiger charge is -2.39. The number of hydrogen-bond acceptors (Lipinski definition) is 7. The topological polar surface area (TPSA) is 128 Å². The number of carbonyl (C=O) groups is 1. The van der Waals surface area contributed by atoms with Crippen LogP contribution in [-0.4, -0.2) is 63.8 Å². The maximum absolute atomic E-state index is 11.7. The van der Waals surface area contributed by atoms with Gasteiger partial charge >= 0.3 is 6.09 Å². The van der Waals surface area contributed by atoms with Crippen LogP contribution in [0.1, 0.15) is 5.56 Å². The summed E-state index contributed by atoms with van der Waals surface area (Å²) in [5.74, 6) is 0. The van der Waals surface area contributed by atoms with E-state index in [4.69, 9.17) is 14.6 Å². The van der Waals surface area contributed by atoms with E-state index in [9.17, 15) is 20.1 Å². The minimum Gasteiger partial charge on any atom is -0.445 e. The molecule has 0 spiro atoms. The van der Waals surface area contributed by atoms with E-state index in [0.29, 0.717) is 0 Å². The molecule has 1 fully saturated rings. The molecule has 5 atom stereocenters. The van der Waals surface area contributed by atoms with E-state index in [2.05, 4.69) is 5.32 Å². The van der Waals surface area contributed by atoms with Crippen molar-refractivity contribution in [3.8, 4) is 0 Å². The molecule has 1 heterocycles. The molecule has 0 bridgehead atoms. The first kappa shape index (κ1) is 16.7. The van der Waals surface area contributed by atoms with Gasteiger partial charge in [0.25, 0.3) is 0 Å². The summed E-state index contributed by atoms with van der Waals surface area (Å²) < 4.78 is 9.88. The number of carbonyl (C=O) groups excluding carboxylic acids is 1. The predicted octanol–water partition coefficient (Wildman–Crippen LogP) is -1.29. The van der Waals surface area contributed by atoms with Crippen LogP contribution >= 0.6 is 0 Å². The van der Waals surface area contributed by atoms with E-state index in [-0.39, 0.29) is 6.61 Å². The lowest BCUT2D eigenvalue weighted by Crippen LogP contribution is -2.64. The lowest BCUT2D eigenvalue weighted by molar-refractivity contribution is -0.253. The van der Waals surface area contributed by atoms with Gasteiger partial charge in [0.05, 0.1) is 6.61 Å². The van der Waals surface area contributed by atoms with Crippen molar-refractivity contribution in [1.82, 2.24) is 5.32 Å². The average molecular weight is 313 g/mol. The van der Waals surface area contributed by atoms with Crippen LogP contribution in [0.5, 0.6) is 0 Å². The second-order valence-corrected chi connectivity index (χ2v) is 4.96. The van der Waals surface area contributed by atoms with Crippen LogP contribution in [0.4, 0.5) is 4.79 Å². The number of benzene rings is 1. The molecule has 0 aromatic heterocycles. The SMILES string of the molecule is O=C(N[C@@H]1[C@H](O)[C@@H](O)[C@H](CO)O[C@H]1O)OCc1ccccc1. The van der Waals surface area contributed by atoms with Crippen LogP contribution in [0.2, 0.25) is 0 Å². The Balaban J connectivity index is 1.87. The summed E-state index contributed by atoms with van der Waals surface area (Å²) >= 11 is 0. The van der Waals surface area contributed by atoms with Crippen LogP contribution in [0.15, 0.2) is 30.3 Å². The number of alkyl carbamates (subject to hydrolysis) is 1. The molecular weight excluding hydrogens is 294 g/mol. The maximum Gasteiger partial charge on any atom is 0.407 e. The van der Waals surface area contributed by atoms with E-state index < -0.39 is 43.3 Å². The molecule has 1 aromatic carbocycles. The Morgan fingerprint density at radius 2 is 1.86 bits per heavy atom. The molecule has 122 valence electrons. The van der Waals surface area contributed by atoms with Crippen LogP contribution < -0.4 is 5.32 Å².